The number of nitrogens with two attached hydrogens (primary N) is 3. The molecule has 37 heavy (non-hydrogen) atoms. The quantitative estimate of drug-likeness (QED) is 0.190. The molecule has 2 aliphatic heterocycles. The van der Waals surface area contributed by atoms with E-state index in [-0.39, 0.29) is 29.7 Å². The van der Waals surface area contributed by atoms with E-state index in [2.05, 4.69) is 15.3 Å². The van der Waals surface area contributed by atoms with Crippen LogP contribution in [0.2, 0.25) is 0 Å². The number of ketones is 1. The topological polar surface area (TPSA) is 190 Å². The van der Waals surface area contributed by atoms with E-state index >= 15 is 0 Å². The normalized spacial score (nSPS) is 22.2. The van der Waals surface area contributed by atoms with Gasteiger partial charge in [0.1, 0.15) is 11.6 Å². The van der Waals surface area contributed by atoms with E-state index in [0.29, 0.717) is 32.4 Å². The van der Waals surface area contributed by atoms with Crippen LogP contribution in [0.4, 0.5) is 0 Å². The van der Waals surface area contributed by atoms with E-state index in [1.165, 1.54) is 11.2 Å². The number of hydrazine groups is 1. The van der Waals surface area contributed by atoms with Crippen LogP contribution in [0.15, 0.2) is 46.9 Å². The Morgan fingerprint density at radius 1 is 1.22 bits per heavy atom. The summed E-state index contributed by atoms with van der Waals surface area (Å²) in [6.45, 7) is 1.05. The van der Waals surface area contributed by atoms with Gasteiger partial charge in [0.25, 0.3) is 5.91 Å². The number of guanidine groups is 1. The first kappa shape index (κ1) is 26.4. The molecular formula is C24H30N8O4S. The van der Waals surface area contributed by atoms with Gasteiger partial charge in [0, 0.05) is 31.1 Å². The number of fused-ring (bicyclic) bond motifs is 1. The number of nitrogens with one attached hydrogen (secondary N) is 1. The zero-order valence-corrected chi connectivity index (χ0v) is 21.0. The highest BCUT2D eigenvalue weighted by Crippen LogP contribution is 2.31. The predicted molar refractivity (Wildman–Crippen MR) is 137 cm³/mol. The maximum absolute atomic E-state index is 13.6. The van der Waals surface area contributed by atoms with E-state index in [1.807, 2.05) is 35.3 Å². The molecule has 0 aliphatic carbocycles. The second kappa shape index (κ2) is 11.2. The summed E-state index contributed by atoms with van der Waals surface area (Å²) in [6, 6.07) is 7.64. The van der Waals surface area contributed by atoms with Crippen molar-refractivity contribution in [1.29, 1.82) is 0 Å². The summed E-state index contributed by atoms with van der Waals surface area (Å²) in [4.78, 5) is 59.6. The van der Waals surface area contributed by atoms with Gasteiger partial charge in [-0.15, -0.1) is 11.3 Å². The maximum atomic E-state index is 13.6. The van der Waals surface area contributed by atoms with Crippen molar-refractivity contribution < 1.29 is 19.2 Å². The van der Waals surface area contributed by atoms with Crippen LogP contribution < -0.4 is 22.5 Å². The molecule has 12 nitrogen and oxygen atoms in total. The average Bonchev–Trinajstić information content (AvgIpc) is 3.55. The lowest BCUT2D eigenvalue weighted by atomic mass is 9.85. The molecule has 0 radical (unpaired) electrons. The molecule has 2 aliphatic rings. The highest BCUT2D eigenvalue weighted by atomic mass is 32.1. The molecule has 7 N–H and O–H groups in total. The molecular weight excluding hydrogens is 496 g/mol. The second-order valence-corrected chi connectivity index (χ2v) is 10.1. The van der Waals surface area contributed by atoms with Gasteiger partial charge in [0.2, 0.25) is 17.6 Å². The third kappa shape index (κ3) is 6.01. The minimum Gasteiger partial charge on any atom is -0.370 e. The van der Waals surface area contributed by atoms with Crippen molar-refractivity contribution >= 4 is 40.8 Å². The summed E-state index contributed by atoms with van der Waals surface area (Å²) in [5, 5.41) is 7.86. The fourth-order valence-electron chi connectivity index (χ4n) is 4.72. The predicted octanol–water partition coefficient (Wildman–Crippen LogP) is -0.447. The summed E-state index contributed by atoms with van der Waals surface area (Å²) in [5.74, 6) is -2.25. The lowest BCUT2D eigenvalue weighted by Crippen LogP contribution is -2.67. The fourth-order valence-corrected chi connectivity index (χ4v) is 5.35. The molecule has 1 aromatic carbocycles. The Morgan fingerprint density at radius 3 is 2.65 bits per heavy atom. The van der Waals surface area contributed by atoms with E-state index in [9.17, 15) is 19.2 Å². The van der Waals surface area contributed by atoms with Crippen molar-refractivity contribution in [3.05, 3.63) is 52.5 Å². The molecule has 3 atom stereocenters. The third-order valence-corrected chi connectivity index (χ3v) is 7.34. The van der Waals surface area contributed by atoms with Crippen LogP contribution in [-0.2, 0) is 20.8 Å². The Balaban J connectivity index is 1.49. The average molecular weight is 527 g/mol. The summed E-state index contributed by atoms with van der Waals surface area (Å²) in [5.41, 5.74) is 16.9. The number of benzene rings is 1. The number of hydrogen-bond donors (Lipinski definition) is 4. The number of carbonyl (C=O) groups excluding carboxylic acids is 4. The van der Waals surface area contributed by atoms with E-state index < -0.39 is 35.2 Å². The number of Topliss-reactive ketones (excluding diaryl/α,β-unsaturated/α-hetero) is 1. The molecule has 1 unspecified atom stereocenters. The molecule has 0 saturated carbocycles. The lowest BCUT2D eigenvalue weighted by molar-refractivity contribution is -0.165. The molecule has 3 heterocycles. The smallest absolute Gasteiger partial charge is 0.258 e. The number of nitrogens with zero attached hydrogens (tertiary/aromatic N) is 4. The Hall–Kier alpha value is -3.68. The molecule has 0 spiro atoms. The summed E-state index contributed by atoms with van der Waals surface area (Å²) in [7, 11) is 0. The minimum absolute atomic E-state index is 0.0288. The highest BCUT2D eigenvalue weighted by Gasteiger charge is 2.51. The number of aromatic nitrogens is 1. The summed E-state index contributed by atoms with van der Waals surface area (Å²) in [6.07, 6.45) is 2.49. The van der Waals surface area contributed by atoms with Crippen LogP contribution in [0.1, 0.15) is 41.0 Å². The SMILES string of the molecule is NC(N)=NC(=O)CCC(NC(=O)[C@@H]1CCN2CC[C@@](N)(Cc3ccccc3)C(=O)N12)C(=O)c1nccs1. The van der Waals surface area contributed by atoms with Gasteiger partial charge in [-0.25, -0.2) is 9.99 Å². The zero-order chi connectivity index (χ0) is 26.6. The summed E-state index contributed by atoms with van der Waals surface area (Å²) < 4.78 is 0. The van der Waals surface area contributed by atoms with Crippen LogP contribution >= 0.6 is 11.3 Å². The van der Waals surface area contributed by atoms with Crippen LogP contribution in [0.25, 0.3) is 0 Å². The Kier molecular flexibility index (Phi) is 7.95. The number of thiazole rings is 1. The van der Waals surface area contributed by atoms with Gasteiger partial charge in [-0.2, -0.15) is 4.99 Å². The highest BCUT2D eigenvalue weighted by molar-refractivity contribution is 7.11. The van der Waals surface area contributed by atoms with Gasteiger partial charge in [-0.05, 0) is 31.2 Å². The van der Waals surface area contributed by atoms with Crippen molar-refractivity contribution in [2.24, 2.45) is 22.2 Å². The number of rotatable bonds is 9. The third-order valence-electron chi connectivity index (χ3n) is 6.55. The standard InChI is InChI=1S/C24H30N8O4S/c25-23(26)30-18(33)7-6-16(19(34)21-28-10-13-37-21)29-20(35)17-8-11-31-12-9-24(27,22(36)32(17)31)14-15-4-2-1-3-5-15/h1-5,10,13,16-17H,6-9,11-12,14,27H2,(H,29,35)(H4,25,26,30,33)/t16?,17-,24+/m0/s1. The van der Waals surface area contributed by atoms with Crippen molar-refractivity contribution in [2.45, 2.75) is 49.7 Å². The van der Waals surface area contributed by atoms with Gasteiger partial charge in [0.05, 0.1) is 6.04 Å². The lowest BCUT2D eigenvalue weighted by Gasteiger charge is -2.44. The van der Waals surface area contributed by atoms with Crippen LogP contribution in [0.3, 0.4) is 0 Å². The largest absolute Gasteiger partial charge is 0.370 e. The molecule has 1 aromatic heterocycles. The molecule has 3 amide bonds. The van der Waals surface area contributed by atoms with Crippen molar-refractivity contribution in [3.63, 3.8) is 0 Å². The van der Waals surface area contributed by atoms with E-state index in [0.717, 1.165) is 16.9 Å². The monoisotopic (exact) mass is 526 g/mol. The zero-order valence-electron chi connectivity index (χ0n) is 20.2. The number of hydrogen-bond acceptors (Lipinski definition) is 8. The Bertz CT molecular complexity index is 1180. The minimum atomic E-state index is -1.15. The van der Waals surface area contributed by atoms with Gasteiger partial charge in [0.15, 0.2) is 11.0 Å². The van der Waals surface area contributed by atoms with Crippen molar-refractivity contribution in [2.75, 3.05) is 13.1 Å². The first-order chi connectivity index (χ1) is 17.7. The molecule has 196 valence electrons. The number of aliphatic imine (C=N–C) groups is 1. The molecule has 2 aromatic rings. The van der Waals surface area contributed by atoms with Crippen LogP contribution in [0, 0.1) is 0 Å². The molecule has 2 saturated heterocycles. The van der Waals surface area contributed by atoms with E-state index in [4.69, 9.17) is 17.2 Å². The maximum Gasteiger partial charge on any atom is 0.258 e. The number of amides is 3. The van der Waals surface area contributed by atoms with Crippen LogP contribution in [-0.4, -0.2) is 75.2 Å². The van der Waals surface area contributed by atoms with E-state index in [1.54, 1.807) is 5.38 Å². The first-order valence-electron chi connectivity index (χ1n) is 12.0. The van der Waals surface area contributed by atoms with Crippen molar-refractivity contribution in [3.8, 4) is 0 Å². The molecule has 13 heteroatoms. The van der Waals surface area contributed by atoms with Gasteiger partial charge in [-0.3, -0.25) is 24.2 Å². The summed E-state index contributed by atoms with van der Waals surface area (Å²) >= 11 is 1.13. The molecule has 0 bridgehead atoms. The van der Waals surface area contributed by atoms with Crippen molar-refractivity contribution in [1.82, 2.24) is 20.3 Å². The van der Waals surface area contributed by atoms with Gasteiger partial charge in [-0.1, -0.05) is 30.3 Å². The van der Waals surface area contributed by atoms with Gasteiger partial charge >= 0.3 is 0 Å². The Morgan fingerprint density at radius 2 is 1.97 bits per heavy atom. The number of carbonyl (C=O) groups is 4. The Labute approximate surface area is 217 Å². The van der Waals surface area contributed by atoms with Crippen LogP contribution in [0.5, 0.6) is 0 Å². The first-order valence-corrected chi connectivity index (χ1v) is 12.8. The molecule has 2 fully saturated rings. The molecule has 4 rings (SSSR count). The fraction of sp³-hybridized carbons (Fsp3) is 0.417. The second-order valence-electron chi connectivity index (χ2n) is 9.21. The van der Waals surface area contributed by atoms with Gasteiger partial charge < -0.3 is 22.5 Å².